The van der Waals surface area contributed by atoms with Crippen molar-refractivity contribution < 1.29 is 19.1 Å². The maximum Gasteiger partial charge on any atom is 0.315 e. The lowest BCUT2D eigenvalue weighted by molar-refractivity contribution is -0.133. The van der Waals surface area contributed by atoms with Crippen molar-refractivity contribution in [3.8, 4) is 5.75 Å². The molecule has 0 N–H and O–H groups in total. The van der Waals surface area contributed by atoms with E-state index in [4.69, 9.17) is 16.3 Å². The molecule has 0 bridgehead atoms. The number of ether oxygens (including phenoxy) is 1. The van der Waals surface area contributed by atoms with Crippen LogP contribution in [0.1, 0.15) is 31.2 Å². The van der Waals surface area contributed by atoms with Gasteiger partial charge in [-0.25, -0.2) is 4.90 Å². The molecular formula is C22H20ClNO4. The Bertz CT molecular complexity index is 900. The molecule has 0 aromatic heterocycles. The fourth-order valence-electron chi connectivity index (χ4n) is 4.04. The standard InChI is InChI=1S/C22H20ClNO4/c23-15-10-8-14(9-11-15)12-20(25)28-17-5-3-4-16(13-17)24-21(26)18-6-1-2-7-19(18)22(24)27/h3-5,8-11,13,18-19H,1-2,6-7,12H2/t18-,19+. The first kappa shape index (κ1) is 18.7. The summed E-state index contributed by atoms with van der Waals surface area (Å²) in [7, 11) is 0. The lowest BCUT2D eigenvalue weighted by Gasteiger charge is -2.19. The fourth-order valence-corrected chi connectivity index (χ4v) is 4.17. The summed E-state index contributed by atoms with van der Waals surface area (Å²) in [5.41, 5.74) is 1.25. The highest BCUT2D eigenvalue weighted by Gasteiger charge is 2.48. The van der Waals surface area contributed by atoms with Crippen LogP contribution in [-0.4, -0.2) is 17.8 Å². The van der Waals surface area contributed by atoms with Crippen LogP contribution in [0.15, 0.2) is 48.5 Å². The monoisotopic (exact) mass is 397 g/mol. The molecule has 2 amide bonds. The van der Waals surface area contributed by atoms with E-state index in [0.717, 1.165) is 31.2 Å². The van der Waals surface area contributed by atoms with Crippen LogP contribution in [0.4, 0.5) is 5.69 Å². The molecule has 1 saturated carbocycles. The predicted octanol–water partition coefficient (Wildman–Crippen LogP) is 4.17. The van der Waals surface area contributed by atoms with E-state index in [1.165, 1.54) is 4.90 Å². The van der Waals surface area contributed by atoms with Gasteiger partial charge in [-0.15, -0.1) is 0 Å². The highest BCUT2D eigenvalue weighted by molar-refractivity contribution is 6.30. The summed E-state index contributed by atoms with van der Waals surface area (Å²) in [6.07, 6.45) is 3.60. The van der Waals surface area contributed by atoms with Gasteiger partial charge in [0, 0.05) is 11.1 Å². The average molecular weight is 398 g/mol. The third-order valence-electron chi connectivity index (χ3n) is 5.41. The summed E-state index contributed by atoms with van der Waals surface area (Å²) < 4.78 is 5.42. The molecule has 2 aromatic rings. The number of fused-ring (bicyclic) bond motifs is 1. The smallest absolute Gasteiger partial charge is 0.315 e. The fraction of sp³-hybridized carbons (Fsp3) is 0.318. The minimum absolute atomic E-state index is 0.104. The maximum atomic E-state index is 12.7. The molecule has 6 heteroatoms. The van der Waals surface area contributed by atoms with Crippen LogP contribution in [0, 0.1) is 11.8 Å². The summed E-state index contributed by atoms with van der Waals surface area (Å²) >= 11 is 5.85. The molecule has 5 nitrogen and oxygen atoms in total. The number of nitrogens with zero attached hydrogens (tertiary/aromatic N) is 1. The minimum atomic E-state index is -0.424. The molecule has 0 spiro atoms. The molecule has 28 heavy (non-hydrogen) atoms. The van der Waals surface area contributed by atoms with Gasteiger partial charge in [-0.2, -0.15) is 0 Å². The lowest BCUT2D eigenvalue weighted by Crippen LogP contribution is -2.30. The largest absolute Gasteiger partial charge is 0.426 e. The number of imide groups is 1. The van der Waals surface area contributed by atoms with Crippen LogP contribution in [-0.2, 0) is 20.8 Å². The molecule has 1 saturated heterocycles. The SMILES string of the molecule is O=C(Cc1ccc(Cl)cc1)Oc1cccc(N2C(=O)[C@H]3CCCC[C@H]3C2=O)c1. The number of hydrogen-bond donors (Lipinski definition) is 0. The van der Waals surface area contributed by atoms with E-state index >= 15 is 0 Å². The Labute approximate surface area is 168 Å². The van der Waals surface area contributed by atoms with Gasteiger partial charge >= 0.3 is 5.97 Å². The zero-order valence-corrected chi connectivity index (χ0v) is 16.0. The van der Waals surface area contributed by atoms with Crippen LogP contribution in [0.3, 0.4) is 0 Å². The Morgan fingerprint density at radius 1 is 1.00 bits per heavy atom. The molecule has 2 atom stereocenters. The molecule has 1 aliphatic heterocycles. The number of amides is 2. The van der Waals surface area contributed by atoms with Crippen molar-refractivity contribution >= 4 is 35.1 Å². The van der Waals surface area contributed by atoms with Crippen molar-refractivity contribution in [1.29, 1.82) is 0 Å². The number of rotatable bonds is 4. The van der Waals surface area contributed by atoms with Gasteiger partial charge in [-0.3, -0.25) is 14.4 Å². The number of esters is 1. The topological polar surface area (TPSA) is 63.7 Å². The number of carbonyl (C=O) groups excluding carboxylic acids is 3. The van der Waals surface area contributed by atoms with Crippen molar-refractivity contribution in [3.05, 3.63) is 59.1 Å². The molecule has 1 heterocycles. The van der Waals surface area contributed by atoms with E-state index in [0.29, 0.717) is 16.5 Å². The van der Waals surface area contributed by atoms with Gasteiger partial charge < -0.3 is 4.74 Å². The van der Waals surface area contributed by atoms with Gasteiger partial charge in [-0.1, -0.05) is 42.6 Å². The first-order valence-corrected chi connectivity index (χ1v) is 9.84. The molecule has 4 rings (SSSR count). The Morgan fingerprint density at radius 2 is 1.64 bits per heavy atom. The van der Waals surface area contributed by atoms with Crippen LogP contribution in [0.25, 0.3) is 0 Å². The molecule has 144 valence electrons. The third kappa shape index (κ3) is 3.67. The van der Waals surface area contributed by atoms with Gasteiger partial charge in [0.1, 0.15) is 5.75 Å². The highest BCUT2D eigenvalue weighted by Crippen LogP contribution is 2.40. The Kier molecular flexibility index (Phi) is 5.18. The molecule has 2 aliphatic rings. The van der Waals surface area contributed by atoms with Gasteiger partial charge in [-0.05, 0) is 42.7 Å². The van der Waals surface area contributed by atoms with Crippen LogP contribution in [0.5, 0.6) is 5.75 Å². The van der Waals surface area contributed by atoms with Gasteiger partial charge in [0.15, 0.2) is 0 Å². The van der Waals surface area contributed by atoms with Crippen LogP contribution < -0.4 is 9.64 Å². The second-order valence-electron chi connectivity index (χ2n) is 7.28. The number of carbonyl (C=O) groups is 3. The summed E-state index contributed by atoms with van der Waals surface area (Å²) in [6.45, 7) is 0. The highest BCUT2D eigenvalue weighted by atomic mass is 35.5. The van der Waals surface area contributed by atoms with Crippen molar-refractivity contribution in [1.82, 2.24) is 0 Å². The molecule has 0 unspecified atom stereocenters. The molecule has 2 fully saturated rings. The second-order valence-corrected chi connectivity index (χ2v) is 7.72. The minimum Gasteiger partial charge on any atom is -0.426 e. The van der Waals surface area contributed by atoms with E-state index in [-0.39, 0.29) is 30.1 Å². The maximum absolute atomic E-state index is 12.7. The quantitative estimate of drug-likeness (QED) is 0.441. The number of anilines is 1. The average Bonchev–Trinajstić information content (AvgIpc) is 2.95. The summed E-state index contributed by atoms with van der Waals surface area (Å²) in [5.74, 6) is -0.812. The summed E-state index contributed by atoms with van der Waals surface area (Å²) in [5, 5.41) is 0.602. The Morgan fingerprint density at radius 3 is 2.29 bits per heavy atom. The van der Waals surface area contributed by atoms with Crippen molar-refractivity contribution in [2.45, 2.75) is 32.1 Å². The second kappa shape index (κ2) is 7.76. The first-order valence-electron chi connectivity index (χ1n) is 9.46. The predicted molar refractivity (Wildman–Crippen MR) is 105 cm³/mol. The lowest BCUT2D eigenvalue weighted by atomic mass is 9.81. The van der Waals surface area contributed by atoms with Crippen LogP contribution in [0.2, 0.25) is 5.02 Å². The Hall–Kier alpha value is -2.66. The van der Waals surface area contributed by atoms with E-state index < -0.39 is 5.97 Å². The van der Waals surface area contributed by atoms with Gasteiger partial charge in [0.05, 0.1) is 23.9 Å². The van der Waals surface area contributed by atoms with Crippen molar-refractivity contribution in [3.63, 3.8) is 0 Å². The zero-order valence-electron chi connectivity index (χ0n) is 15.3. The van der Waals surface area contributed by atoms with Crippen molar-refractivity contribution in [2.75, 3.05) is 4.90 Å². The third-order valence-corrected chi connectivity index (χ3v) is 5.66. The molecule has 0 radical (unpaired) electrons. The van der Waals surface area contributed by atoms with E-state index in [1.54, 1.807) is 48.5 Å². The first-order chi connectivity index (χ1) is 13.5. The number of benzene rings is 2. The molecular weight excluding hydrogens is 378 g/mol. The van der Waals surface area contributed by atoms with Gasteiger partial charge in [0.2, 0.25) is 11.8 Å². The zero-order chi connectivity index (χ0) is 19.7. The van der Waals surface area contributed by atoms with Crippen LogP contribution >= 0.6 is 11.6 Å². The molecule has 2 aromatic carbocycles. The van der Waals surface area contributed by atoms with Crippen molar-refractivity contribution in [2.24, 2.45) is 11.8 Å². The number of hydrogen-bond acceptors (Lipinski definition) is 4. The Balaban J connectivity index is 1.48. The summed E-state index contributed by atoms with van der Waals surface area (Å²) in [4.78, 5) is 39.0. The summed E-state index contributed by atoms with van der Waals surface area (Å²) in [6, 6.07) is 13.6. The normalized spacial score (nSPS) is 21.5. The van der Waals surface area contributed by atoms with E-state index in [9.17, 15) is 14.4 Å². The number of halogens is 1. The van der Waals surface area contributed by atoms with Gasteiger partial charge in [0.25, 0.3) is 0 Å². The van der Waals surface area contributed by atoms with E-state index in [2.05, 4.69) is 0 Å². The molecule has 1 aliphatic carbocycles. The van der Waals surface area contributed by atoms with E-state index in [1.807, 2.05) is 0 Å².